The Labute approximate surface area is 127 Å². The maximum absolute atomic E-state index is 12.2. The quantitative estimate of drug-likeness (QED) is 0.908. The van der Waals surface area contributed by atoms with E-state index < -0.39 is 0 Å². The summed E-state index contributed by atoms with van der Waals surface area (Å²) in [6.07, 6.45) is 1.56. The molecule has 106 valence electrons. The van der Waals surface area contributed by atoms with Gasteiger partial charge in [-0.25, -0.2) is 4.98 Å². The van der Waals surface area contributed by atoms with E-state index in [0.29, 0.717) is 34.2 Å². The molecule has 0 fully saturated rings. The minimum Gasteiger partial charge on any atom is -0.370 e. The molecule has 1 amide bonds. The number of hydrogen-bond acceptors (Lipinski definition) is 4. The highest BCUT2D eigenvalue weighted by Crippen LogP contribution is 2.23. The van der Waals surface area contributed by atoms with Crippen molar-refractivity contribution in [3.63, 3.8) is 0 Å². The smallest absolute Gasteiger partial charge is 0.255 e. The molecule has 0 saturated carbocycles. The topological polar surface area (TPSA) is 77.8 Å². The number of carbonyl (C=O) groups excluding carboxylic acids is 1. The number of hydrogen-bond donors (Lipinski definition) is 2. The molecule has 0 saturated heterocycles. The molecule has 0 atom stereocenters. The predicted molar refractivity (Wildman–Crippen MR) is 82.5 cm³/mol. The number of rotatable bonds is 4. The summed E-state index contributed by atoms with van der Waals surface area (Å²) in [7, 11) is 0. The first-order valence-electron chi connectivity index (χ1n) is 6.35. The Balaban J connectivity index is 2.22. The number of benzene rings is 1. The molecule has 2 aromatic rings. The molecule has 5 nitrogen and oxygen atoms in total. The van der Waals surface area contributed by atoms with Crippen LogP contribution in [0.2, 0.25) is 5.02 Å². The van der Waals surface area contributed by atoms with Crippen LogP contribution in [0.1, 0.15) is 22.8 Å². The normalized spacial score (nSPS) is 9.76. The number of nitrogens with zero attached hydrogens (tertiary/aromatic N) is 2. The molecule has 0 aliphatic carbocycles. The fourth-order valence-corrected chi connectivity index (χ4v) is 1.90. The van der Waals surface area contributed by atoms with Crippen LogP contribution in [0, 0.1) is 11.3 Å². The zero-order valence-corrected chi connectivity index (χ0v) is 12.1. The number of aromatic nitrogens is 1. The van der Waals surface area contributed by atoms with Crippen molar-refractivity contribution in [1.29, 1.82) is 5.26 Å². The number of nitrogens with one attached hydrogen (secondary N) is 2. The van der Waals surface area contributed by atoms with Crippen molar-refractivity contribution >= 4 is 29.0 Å². The van der Waals surface area contributed by atoms with Crippen LogP contribution in [0.25, 0.3) is 0 Å². The SMILES string of the molecule is CCNc1cc(C(=O)Nc2cc(C#N)ccc2Cl)ccn1. The van der Waals surface area contributed by atoms with Crippen LogP contribution in [-0.4, -0.2) is 17.4 Å². The molecule has 0 spiro atoms. The monoisotopic (exact) mass is 300 g/mol. The lowest BCUT2D eigenvalue weighted by Crippen LogP contribution is -2.13. The third-order valence-corrected chi connectivity index (χ3v) is 3.05. The lowest BCUT2D eigenvalue weighted by atomic mass is 10.2. The third-order valence-electron chi connectivity index (χ3n) is 2.72. The molecule has 0 bridgehead atoms. The van der Waals surface area contributed by atoms with E-state index in [1.807, 2.05) is 13.0 Å². The molecule has 21 heavy (non-hydrogen) atoms. The molecule has 1 aromatic heterocycles. The third kappa shape index (κ3) is 3.71. The molecular formula is C15H13ClN4O. The molecule has 0 unspecified atom stereocenters. The van der Waals surface area contributed by atoms with Crippen molar-refractivity contribution in [1.82, 2.24) is 4.98 Å². The summed E-state index contributed by atoms with van der Waals surface area (Å²) in [5.41, 5.74) is 1.29. The molecule has 2 N–H and O–H groups in total. The van der Waals surface area contributed by atoms with E-state index in [1.54, 1.807) is 30.5 Å². The van der Waals surface area contributed by atoms with Crippen molar-refractivity contribution in [2.24, 2.45) is 0 Å². The van der Waals surface area contributed by atoms with Crippen LogP contribution in [0.5, 0.6) is 0 Å². The van der Waals surface area contributed by atoms with Gasteiger partial charge in [-0.3, -0.25) is 4.79 Å². The van der Waals surface area contributed by atoms with E-state index in [4.69, 9.17) is 16.9 Å². The first-order valence-corrected chi connectivity index (χ1v) is 6.72. The fourth-order valence-electron chi connectivity index (χ4n) is 1.73. The highest BCUT2D eigenvalue weighted by atomic mass is 35.5. The summed E-state index contributed by atoms with van der Waals surface area (Å²) in [4.78, 5) is 16.3. The van der Waals surface area contributed by atoms with Crippen LogP contribution in [0.15, 0.2) is 36.5 Å². The van der Waals surface area contributed by atoms with Gasteiger partial charge < -0.3 is 10.6 Å². The molecule has 0 aliphatic rings. The number of carbonyl (C=O) groups is 1. The minimum atomic E-state index is -0.312. The zero-order valence-electron chi connectivity index (χ0n) is 11.4. The highest BCUT2D eigenvalue weighted by molar-refractivity contribution is 6.34. The molecule has 1 heterocycles. The van der Waals surface area contributed by atoms with Crippen molar-refractivity contribution in [2.45, 2.75) is 6.92 Å². The number of anilines is 2. The van der Waals surface area contributed by atoms with Gasteiger partial charge in [0, 0.05) is 18.3 Å². The first kappa shape index (κ1) is 14.8. The van der Waals surface area contributed by atoms with Gasteiger partial charge in [-0.2, -0.15) is 5.26 Å². The average molecular weight is 301 g/mol. The molecular weight excluding hydrogens is 288 g/mol. The highest BCUT2D eigenvalue weighted by Gasteiger charge is 2.10. The molecule has 6 heteroatoms. The van der Waals surface area contributed by atoms with Gasteiger partial charge in [-0.1, -0.05) is 11.6 Å². The van der Waals surface area contributed by atoms with Gasteiger partial charge in [0.25, 0.3) is 5.91 Å². The summed E-state index contributed by atoms with van der Waals surface area (Å²) in [5, 5.41) is 15.0. The van der Waals surface area contributed by atoms with E-state index in [1.165, 1.54) is 6.07 Å². The maximum Gasteiger partial charge on any atom is 0.255 e. The van der Waals surface area contributed by atoms with E-state index in [2.05, 4.69) is 15.6 Å². The van der Waals surface area contributed by atoms with Gasteiger partial charge in [-0.05, 0) is 37.3 Å². The van der Waals surface area contributed by atoms with Crippen LogP contribution in [0.4, 0.5) is 11.5 Å². The summed E-state index contributed by atoms with van der Waals surface area (Å²) in [6.45, 7) is 2.66. The van der Waals surface area contributed by atoms with E-state index in [-0.39, 0.29) is 5.91 Å². The minimum absolute atomic E-state index is 0.312. The van der Waals surface area contributed by atoms with Gasteiger partial charge in [-0.15, -0.1) is 0 Å². The van der Waals surface area contributed by atoms with Gasteiger partial charge in [0.15, 0.2) is 0 Å². The number of nitriles is 1. The van der Waals surface area contributed by atoms with Crippen LogP contribution in [0.3, 0.4) is 0 Å². The van der Waals surface area contributed by atoms with Gasteiger partial charge in [0.1, 0.15) is 5.82 Å². The second-order valence-electron chi connectivity index (χ2n) is 4.22. The van der Waals surface area contributed by atoms with Crippen LogP contribution in [-0.2, 0) is 0 Å². The van der Waals surface area contributed by atoms with Gasteiger partial charge in [0.05, 0.1) is 22.3 Å². The standard InChI is InChI=1S/C15H13ClN4O/c1-2-18-14-8-11(5-6-19-14)15(21)20-13-7-10(9-17)3-4-12(13)16/h3-8H,2H2,1H3,(H,18,19)(H,20,21). The lowest BCUT2D eigenvalue weighted by molar-refractivity contribution is 0.102. The first-order chi connectivity index (χ1) is 10.1. The largest absolute Gasteiger partial charge is 0.370 e. The second-order valence-corrected chi connectivity index (χ2v) is 4.63. The summed E-state index contributed by atoms with van der Waals surface area (Å²) < 4.78 is 0. The number of amides is 1. The Morgan fingerprint density at radius 1 is 1.38 bits per heavy atom. The lowest BCUT2D eigenvalue weighted by Gasteiger charge is -2.09. The van der Waals surface area contributed by atoms with Crippen molar-refractivity contribution in [2.75, 3.05) is 17.2 Å². The van der Waals surface area contributed by atoms with Crippen molar-refractivity contribution in [3.8, 4) is 6.07 Å². The number of halogens is 1. The zero-order chi connectivity index (χ0) is 15.2. The molecule has 0 radical (unpaired) electrons. The van der Waals surface area contributed by atoms with Crippen LogP contribution >= 0.6 is 11.6 Å². The molecule has 1 aromatic carbocycles. The van der Waals surface area contributed by atoms with E-state index in [9.17, 15) is 4.79 Å². The van der Waals surface area contributed by atoms with Gasteiger partial charge in [0.2, 0.25) is 0 Å². The summed E-state index contributed by atoms with van der Waals surface area (Å²) in [6, 6.07) is 9.97. The summed E-state index contributed by atoms with van der Waals surface area (Å²) in [5.74, 6) is 0.315. The Morgan fingerprint density at radius 2 is 2.19 bits per heavy atom. The molecule has 2 rings (SSSR count). The van der Waals surface area contributed by atoms with Crippen molar-refractivity contribution < 1.29 is 4.79 Å². The Hall–Kier alpha value is -2.58. The average Bonchev–Trinajstić information content (AvgIpc) is 2.50. The van der Waals surface area contributed by atoms with Gasteiger partial charge >= 0.3 is 0 Å². The fraction of sp³-hybridized carbons (Fsp3) is 0.133. The predicted octanol–water partition coefficient (Wildman–Crippen LogP) is 3.29. The van der Waals surface area contributed by atoms with E-state index >= 15 is 0 Å². The number of pyridine rings is 1. The van der Waals surface area contributed by atoms with Crippen LogP contribution < -0.4 is 10.6 Å². The van der Waals surface area contributed by atoms with E-state index in [0.717, 1.165) is 0 Å². The Bertz CT molecular complexity index is 709. The Morgan fingerprint density at radius 3 is 2.90 bits per heavy atom. The van der Waals surface area contributed by atoms with Crippen molar-refractivity contribution in [3.05, 3.63) is 52.7 Å². The molecule has 0 aliphatic heterocycles. The maximum atomic E-state index is 12.2. The second kappa shape index (κ2) is 6.73. The Kier molecular flexibility index (Phi) is 4.75. The summed E-state index contributed by atoms with van der Waals surface area (Å²) >= 11 is 6.02.